The van der Waals surface area contributed by atoms with E-state index in [1.807, 2.05) is 0 Å². The van der Waals surface area contributed by atoms with E-state index in [2.05, 4.69) is 10.0 Å². The quantitative estimate of drug-likeness (QED) is 0.501. The number of sulfonamides is 1. The second-order valence-electron chi connectivity index (χ2n) is 6.36. The van der Waals surface area contributed by atoms with Gasteiger partial charge in [-0.05, 0) is 45.0 Å². The van der Waals surface area contributed by atoms with Crippen molar-refractivity contribution in [3.8, 4) is 0 Å². The number of nitrogens with one attached hydrogen (secondary N) is 2. The first-order valence-corrected chi connectivity index (χ1v) is 10.3. The Morgan fingerprint density at radius 1 is 0.931 bits per heavy atom. The number of anilines is 1. The Morgan fingerprint density at radius 3 is 2.07 bits per heavy atom. The van der Waals surface area contributed by atoms with E-state index in [-0.39, 0.29) is 10.7 Å². The summed E-state index contributed by atoms with van der Waals surface area (Å²) in [5.74, 6) is -1.63. The topological polar surface area (TPSA) is 119 Å². The highest BCUT2D eigenvalue weighted by molar-refractivity contribution is 7.89. The maximum atomic E-state index is 12.4. The molecule has 0 heterocycles. The van der Waals surface area contributed by atoms with E-state index in [0.717, 1.165) is 0 Å². The molecule has 29 heavy (non-hydrogen) atoms. The van der Waals surface area contributed by atoms with Crippen LogP contribution in [0, 0.1) is 0 Å². The van der Waals surface area contributed by atoms with Gasteiger partial charge in [-0.15, -0.1) is 0 Å². The van der Waals surface area contributed by atoms with Crippen molar-refractivity contribution in [2.75, 3.05) is 5.32 Å². The summed E-state index contributed by atoms with van der Waals surface area (Å²) in [6.45, 7) is 4.07. The third-order valence-electron chi connectivity index (χ3n) is 3.96. The third kappa shape index (κ3) is 6.23. The number of amides is 1. The van der Waals surface area contributed by atoms with Gasteiger partial charge in [0.25, 0.3) is 5.91 Å². The van der Waals surface area contributed by atoms with Crippen LogP contribution in [0.25, 0.3) is 0 Å². The molecule has 0 spiro atoms. The molecule has 2 rings (SSSR count). The molecule has 0 aliphatic carbocycles. The van der Waals surface area contributed by atoms with Gasteiger partial charge in [0, 0.05) is 11.3 Å². The van der Waals surface area contributed by atoms with Gasteiger partial charge in [-0.1, -0.05) is 30.3 Å². The number of hydrogen-bond donors (Lipinski definition) is 2. The van der Waals surface area contributed by atoms with Crippen molar-refractivity contribution in [1.82, 2.24) is 4.72 Å². The minimum absolute atomic E-state index is 0.1000. The molecule has 2 aromatic rings. The van der Waals surface area contributed by atoms with E-state index in [1.54, 1.807) is 30.3 Å². The van der Waals surface area contributed by atoms with E-state index in [1.165, 1.54) is 45.0 Å². The molecule has 0 saturated heterocycles. The second kappa shape index (κ2) is 9.44. The number of Topliss-reactive ketones (excluding diaryl/α,β-unsaturated/α-hetero) is 1. The lowest BCUT2D eigenvalue weighted by Gasteiger charge is -2.17. The molecule has 0 aliphatic rings. The molecular weight excluding hydrogens is 396 g/mol. The molecule has 1 amide bonds. The summed E-state index contributed by atoms with van der Waals surface area (Å²) in [7, 11) is -4.01. The molecule has 2 aromatic carbocycles. The Kier molecular flexibility index (Phi) is 7.24. The predicted molar refractivity (Wildman–Crippen MR) is 107 cm³/mol. The Hall–Kier alpha value is -3.04. The highest BCUT2D eigenvalue weighted by Crippen LogP contribution is 2.12. The van der Waals surface area contributed by atoms with Crippen molar-refractivity contribution in [2.45, 2.75) is 37.8 Å². The van der Waals surface area contributed by atoms with Crippen molar-refractivity contribution in [1.29, 1.82) is 0 Å². The Morgan fingerprint density at radius 2 is 1.52 bits per heavy atom. The number of rotatable bonds is 8. The smallest absolute Gasteiger partial charge is 0.324 e. The fourth-order valence-electron chi connectivity index (χ4n) is 2.31. The molecule has 8 nitrogen and oxygen atoms in total. The van der Waals surface area contributed by atoms with Crippen LogP contribution in [0.5, 0.6) is 0 Å². The zero-order valence-electron chi connectivity index (χ0n) is 16.2. The number of ketones is 1. The van der Waals surface area contributed by atoms with Gasteiger partial charge in [-0.25, -0.2) is 8.42 Å². The van der Waals surface area contributed by atoms with Gasteiger partial charge in [0.2, 0.25) is 10.0 Å². The zero-order chi connectivity index (χ0) is 21.6. The number of carbonyl (C=O) groups is 3. The van der Waals surface area contributed by atoms with Crippen LogP contribution in [0.3, 0.4) is 0 Å². The minimum Gasteiger partial charge on any atom is -0.451 e. The number of ether oxygens (including phenoxy) is 1. The van der Waals surface area contributed by atoms with E-state index >= 15 is 0 Å². The van der Waals surface area contributed by atoms with Crippen LogP contribution >= 0.6 is 0 Å². The van der Waals surface area contributed by atoms with Gasteiger partial charge >= 0.3 is 5.97 Å². The van der Waals surface area contributed by atoms with Crippen LogP contribution < -0.4 is 10.0 Å². The van der Waals surface area contributed by atoms with E-state index < -0.39 is 34.0 Å². The summed E-state index contributed by atoms with van der Waals surface area (Å²) in [6, 6.07) is 12.7. The van der Waals surface area contributed by atoms with Crippen molar-refractivity contribution < 1.29 is 27.5 Å². The van der Waals surface area contributed by atoms with Crippen molar-refractivity contribution in [3.63, 3.8) is 0 Å². The van der Waals surface area contributed by atoms with Crippen LogP contribution in [0.4, 0.5) is 5.69 Å². The first kappa shape index (κ1) is 22.3. The number of esters is 1. The number of carbonyl (C=O) groups excluding carboxylic acids is 3. The average Bonchev–Trinajstić information content (AvgIpc) is 2.68. The van der Waals surface area contributed by atoms with Crippen LogP contribution in [0.15, 0.2) is 59.5 Å². The standard InChI is InChI=1S/C20H22N2O6S/c1-13(22-29(26,27)18-11-9-16(10-12-18)14(2)23)20(25)28-15(3)19(24)21-17-7-5-4-6-8-17/h4-13,15,22H,1-3H3,(H,21,24)/t13-,15+/m0/s1. The summed E-state index contributed by atoms with van der Waals surface area (Å²) in [4.78, 5) is 35.5. The first-order chi connectivity index (χ1) is 13.6. The summed E-state index contributed by atoms with van der Waals surface area (Å²) in [5, 5.41) is 2.59. The van der Waals surface area contributed by atoms with E-state index in [9.17, 15) is 22.8 Å². The molecule has 0 fully saturated rings. The SMILES string of the molecule is CC(=O)c1ccc(S(=O)(=O)N[C@@H](C)C(=O)O[C@H](C)C(=O)Nc2ccccc2)cc1. The normalized spacial score (nSPS) is 13.2. The molecule has 2 N–H and O–H groups in total. The highest BCUT2D eigenvalue weighted by Gasteiger charge is 2.26. The van der Waals surface area contributed by atoms with Crippen LogP contribution in [-0.2, 0) is 24.3 Å². The number of benzene rings is 2. The van der Waals surface area contributed by atoms with Gasteiger partial charge in [-0.3, -0.25) is 14.4 Å². The maximum Gasteiger partial charge on any atom is 0.324 e. The Balaban J connectivity index is 1.96. The average molecular weight is 418 g/mol. The Labute approximate surface area is 169 Å². The molecule has 0 unspecified atom stereocenters. The number of para-hydroxylation sites is 1. The van der Waals surface area contributed by atoms with Crippen LogP contribution in [0.2, 0.25) is 0 Å². The summed E-state index contributed by atoms with van der Waals surface area (Å²) < 4.78 is 32.1. The predicted octanol–water partition coefficient (Wildman–Crippen LogP) is 2.13. The van der Waals surface area contributed by atoms with Gasteiger partial charge in [-0.2, -0.15) is 4.72 Å². The molecule has 0 bridgehead atoms. The lowest BCUT2D eigenvalue weighted by molar-refractivity contribution is -0.154. The lowest BCUT2D eigenvalue weighted by Crippen LogP contribution is -2.42. The minimum atomic E-state index is -4.01. The monoisotopic (exact) mass is 418 g/mol. The fourth-order valence-corrected chi connectivity index (χ4v) is 3.51. The summed E-state index contributed by atoms with van der Waals surface area (Å²) in [6.07, 6.45) is -1.12. The second-order valence-corrected chi connectivity index (χ2v) is 8.07. The molecule has 0 radical (unpaired) electrons. The molecular formula is C20H22N2O6S. The van der Waals surface area contributed by atoms with Crippen LogP contribution in [-0.4, -0.2) is 38.2 Å². The summed E-state index contributed by atoms with van der Waals surface area (Å²) >= 11 is 0. The molecule has 0 aliphatic heterocycles. The first-order valence-electron chi connectivity index (χ1n) is 8.80. The maximum absolute atomic E-state index is 12.4. The van der Waals surface area contributed by atoms with Crippen molar-refractivity contribution >= 4 is 33.4 Å². The third-order valence-corrected chi connectivity index (χ3v) is 5.52. The fraction of sp³-hybridized carbons (Fsp3) is 0.250. The number of hydrogen-bond acceptors (Lipinski definition) is 6. The molecule has 0 aromatic heterocycles. The van der Waals surface area contributed by atoms with Gasteiger partial charge in [0.05, 0.1) is 4.90 Å². The molecule has 0 saturated carbocycles. The van der Waals surface area contributed by atoms with E-state index in [0.29, 0.717) is 11.3 Å². The Bertz CT molecular complexity index is 987. The molecule has 2 atom stereocenters. The molecule has 154 valence electrons. The largest absolute Gasteiger partial charge is 0.451 e. The van der Waals surface area contributed by atoms with Crippen molar-refractivity contribution in [3.05, 3.63) is 60.2 Å². The van der Waals surface area contributed by atoms with Gasteiger partial charge < -0.3 is 10.1 Å². The van der Waals surface area contributed by atoms with Crippen LogP contribution in [0.1, 0.15) is 31.1 Å². The van der Waals surface area contributed by atoms with Gasteiger partial charge in [0.15, 0.2) is 11.9 Å². The zero-order valence-corrected chi connectivity index (χ0v) is 17.0. The lowest BCUT2D eigenvalue weighted by atomic mass is 10.2. The highest BCUT2D eigenvalue weighted by atomic mass is 32.2. The van der Waals surface area contributed by atoms with Gasteiger partial charge in [0.1, 0.15) is 6.04 Å². The van der Waals surface area contributed by atoms with E-state index in [4.69, 9.17) is 4.74 Å². The summed E-state index contributed by atoms with van der Waals surface area (Å²) in [5.41, 5.74) is 0.915. The van der Waals surface area contributed by atoms with Crippen molar-refractivity contribution in [2.24, 2.45) is 0 Å². The molecule has 9 heteroatoms.